The third kappa shape index (κ3) is 3.51. The Hall–Kier alpha value is -2.77. The number of benzene rings is 1. The molecule has 1 aromatic carbocycles. The minimum absolute atomic E-state index is 0.0426. The summed E-state index contributed by atoms with van der Waals surface area (Å²) in [6.45, 7) is 2.60. The summed E-state index contributed by atoms with van der Waals surface area (Å²) in [5, 5.41) is 2.07. The van der Waals surface area contributed by atoms with Crippen molar-refractivity contribution in [2.75, 3.05) is 27.2 Å². The fraction of sp³-hybridized carbons (Fsp3) is 0.333. The van der Waals surface area contributed by atoms with Crippen LogP contribution in [0.5, 0.6) is 0 Å². The monoisotopic (exact) mass is 436 g/mol. The number of fused-ring (bicyclic) bond motifs is 2. The predicted molar refractivity (Wildman–Crippen MR) is 123 cm³/mol. The van der Waals surface area contributed by atoms with E-state index in [9.17, 15) is 9.18 Å². The Labute approximate surface area is 184 Å². The highest BCUT2D eigenvalue weighted by Crippen LogP contribution is 2.40. The molecule has 5 nitrogen and oxygen atoms in total. The van der Waals surface area contributed by atoms with Crippen molar-refractivity contribution >= 4 is 38.4 Å². The van der Waals surface area contributed by atoms with Crippen LogP contribution < -0.4 is 0 Å². The molecule has 0 aliphatic carbocycles. The van der Waals surface area contributed by atoms with E-state index in [2.05, 4.69) is 26.7 Å². The van der Waals surface area contributed by atoms with Gasteiger partial charge in [0, 0.05) is 68.8 Å². The molecule has 31 heavy (non-hydrogen) atoms. The van der Waals surface area contributed by atoms with E-state index in [0.717, 1.165) is 63.2 Å². The molecule has 1 fully saturated rings. The molecule has 0 bridgehead atoms. The Balaban J connectivity index is 1.45. The van der Waals surface area contributed by atoms with Gasteiger partial charge < -0.3 is 9.47 Å². The third-order valence-electron chi connectivity index (χ3n) is 6.21. The highest BCUT2D eigenvalue weighted by Gasteiger charge is 2.31. The number of aromatic nitrogens is 2. The molecule has 5 rings (SSSR count). The van der Waals surface area contributed by atoms with Gasteiger partial charge in [-0.25, -0.2) is 9.37 Å². The number of likely N-dealkylation sites (tertiary alicyclic amines) is 1. The van der Waals surface area contributed by atoms with E-state index in [-0.39, 0.29) is 17.6 Å². The maximum absolute atomic E-state index is 13.9. The van der Waals surface area contributed by atoms with Gasteiger partial charge in [-0.05, 0) is 48.4 Å². The molecule has 0 radical (unpaired) electrons. The van der Waals surface area contributed by atoms with Crippen molar-refractivity contribution in [3.63, 3.8) is 0 Å². The van der Waals surface area contributed by atoms with E-state index < -0.39 is 0 Å². The SMILES string of the molecule is CN(C)C(=O)c1sc2ncccc2c1[C@H]1CCN(Cc2cn(C)c3ccc(F)cc23)C1. The van der Waals surface area contributed by atoms with Crippen molar-refractivity contribution in [3.8, 4) is 0 Å². The number of carbonyl (C=O) groups is 1. The summed E-state index contributed by atoms with van der Waals surface area (Å²) >= 11 is 1.49. The topological polar surface area (TPSA) is 41.4 Å². The number of hydrogen-bond acceptors (Lipinski definition) is 4. The van der Waals surface area contributed by atoms with Crippen LogP contribution in [-0.4, -0.2) is 52.4 Å². The molecule has 4 heterocycles. The van der Waals surface area contributed by atoms with Crippen molar-refractivity contribution in [1.82, 2.24) is 19.4 Å². The second-order valence-electron chi connectivity index (χ2n) is 8.55. The van der Waals surface area contributed by atoms with Gasteiger partial charge in [0.15, 0.2) is 0 Å². The van der Waals surface area contributed by atoms with Crippen LogP contribution in [0.15, 0.2) is 42.7 Å². The van der Waals surface area contributed by atoms with Crippen LogP contribution in [0.1, 0.15) is 33.1 Å². The molecular formula is C24H25FN4OS. The Kier molecular flexibility index (Phi) is 5.02. The van der Waals surface area contributed by atoms with E-state index in [1.165, 1.54) is 17.4 Å². The van der Waals surface area contributed by atoms with Crippen molar-refractivity contribution < 1.29 is 9.18 Å². The van der Waals surface area contributed by atoms with Crippen LogP contribution in [0.2, 0.25) is 0 Å². The molecule has 0 N–H and O–H groups in total. The molecule has 1 amide bonds. The van der Waals surface area contributed by atoms with Crippen LogP contribution in [0.3, 0.4) is 0 Å². The fourth-order valence-corrected chi connectivity index (χ4v) is 5.99. The average molecular weight is 437 g/mol. The lowest BCUT2D eigenvalue weighted by atomic mass is 9.95. The van der Waals surface area contributed by atoms with Crippen LogP contribution in [-0.2, 0) is 13.6 Å². The minimum atomic E-state index is -0.205. The molecule has 1 aliphatic rings. The Morgan fingerprint density at radius 2 is 2.13 bits per heavy atom. The number of pyridine rings is 1. The van der Waals surface area contributed by atoms with Gasteiger partial charge in [0.1, 0.15) is 10.6 Å². The first kappa shape index (κ1) is 20.2. The summed E-state index contributed by atoms with van der Waals surface area (Å²) in [6.07, 6.45) is 4.88. The summed E-state index contributed by atoms with van der Waals surface area (Å²) in [5.41, 5.74) is 3.32. The van der Waals surface area contributed by atoms with E-state index in [1.807, 2.05) is 19.2 Å². The van der Waals surface area contributed by atoms with Crippen molar-refractivity contribution in [1.29, 1.82) is 0 Å². The van der Waals surface area contributed by atoms with Crippen molar-refractivity contribution in [2.45, 2.75) is 18.9 Å². The second-order valence-corrected chi connectivity index (χ2v) is 9.55. The van der Waals surface area contributed by atoms with Crippen LogP contribution in [0.4, 0.5) is 4.39 Å². The van der Waals surface area contributed by atoms with E-state index >= 15 is 0 Å². The van der Waals surface area contributed by atoms with Crippen molar-refractivity contribution in [3.05, 3.63) is 64.5 Å². The average Bonchev–Trinajstić information content (AvgIpc) is 3.43. The zero-order valence-corrected chi connectivity index (χ0v) is 18.7. The number of amides is 1. The lowest BCUT2D eigenvalue weighted by Gasteiger charge is -2.17. The lowest BCUT2D eigenvalue weighted by molar-refractivity contribution is 0.0831. The van der Waals surface area contributed by atoms with Crippen molar-refractivity contribution in [2.24, 2.45) is 7.05 Å². The van der Waals surface area contributed by atoms with Gasteiger partial charge in [-0.2, -0.15) is 0 Å². The van der Waals surface area contributed by atoms with Gasteiger partial charge in [-0.15, -0.1) is 11.3 Å². The van der Waals surface area contributed by atoms with Crippen LogP contribution in [0, 0.1) is 5.82 Å². The Bertz CT molecular complexity index is 1290. The molecule has 3 aromatic heterocycles. The van der Waals surface area contributed by atoms with E-state index in [4.69, 9.17) is 0 Å². The number of aryl methyl sites for hydroxylation is 1. The largest absolute Gasteiger partial charge is 0.350 e. The van der Waals surface area contributed by atoms with Gasteiger partial charge in [-0.3, -0.25) is 9.69 Å². The number of rotatable bonds is 4. The number of halogens is 1. The van der Waals surface area contributed by atoms with Crippen LogP contribution >= 0.6 is 11.3 Å². The molecule has 0 saturated carbocycles. The molecule has 160 valence electrons. The number of carbonyl (C=O) groups excluding carboxylic acids is 1. The van der Waals surface area contributed by atoms with Gasteiger partial charge >= 0.3 is 0 Å². The smallest absolute Gasteiger partial charge is 0.263 e. The Morgan fingerprint density at radius 3 is 2.94 bits per heavy atom. The Morgan fingerprint density at radius 1 is 1.29 bits per heavy atom. The second kappa shape index (κ2) is 7.73. The summed E-state index contributed by atoms with van der Waals surface area (Å²) in [7, 11) is 5.59. The molecule has 4 aromatic rings. The maximum atomic E-state index is 13.9. The number of thiophene rings is 1. The number of hydrogen-bond donors (Lipinski definition) is 0. The summed E-state index contributed by atoms with van der Waals surface area (Å²) < 4.78 is 15.9. The van der Waals surface area contributed by atoms with Crippen LogP contribution in [0.25, 0.3) is 21.1 Å². The first-order chi connectivity index (χ1) is 14.9. The zero-order valence-electron chi connectivity index (χ0n) is 17.9. The standard InChI is InChI=1S/C24H25FN4OS/c1-27(2)24(30)22-21(18-5-4-9-26-23(18)31-22)15-8-10-29(13-15)14-16-12-28(3)20-7-6-17(25)11-19(16)20/h4-7,9,11-12,15H,8,10,13-14H2,1-3H3/t15-/m0/s1. The summed E-state index contributed by atoms with van der Waals surface area (Å²) in [5.74, 6) is 0.118. The molecule has 7 heteroatoms. The van der Waals surface area contributed by atoms with Gasteiger partial charge in [-0.1, -0.05) is 6.07 Å². The molecule has 1 aliphatic heterocycles. The summed E-state index contributed by atoms with van der Waals surface area (Å²) in [6, 6.07) is 9.00. The number of nitrogens with zero attached hydrogens (tertiary/aromatic N) is 4. The maximum Gasteiger partial charge on any atom is 0.263 e. The quantitative estimate of drug-likeness (QED) is 0.469. The first-order valence-corrected chi connectivity index (χ1v) is 11.3. The molecule has 0 spiro atoms. The highest BCUT2D eigenvalue weighted by molar-refractivity contribution is 7.20. The van der Waals surface area contributed by atoms with Gasteiger partial charge in [0.2, 0.25) is 0 Å². The van der Waals surface area contributed by atoms with Gasteiger partial charge in [0.05, 0.1) is 4.88 Å². The van der Waals surface area contributed by atoms with Gasteiger partial charge in [0.25, 0.3) is 5.91 Å². The molecule has 1 saturated heterocycles. The third-order valence-corrected chi connectivity index (χ3v) is 7.33. The van der Waals surface area contributed by atoms with E-state index in [1.54, 1.807) is 31.3 Å². The lowest BCUT2D eigenvalue weighted by Crippen LogP contribution is -2.23. The minimum Gasteiger partial charge on any atom is -0.350 e. The summed E-state index contributed by atoms with van der Waals surface area (Å²) in [4.78, 5) is 23.2. The first-order valence-electron chi connectivity index (χ1n) is 10.5. The highest BCUT2D eigenvalue weighted by atomic mass is 32.1. The predicted octanol–water partition coefficient (Wildman–Crippen LogP) is 4.62. The normalized spacial score (nSPS) is 17.1. The molecule has 1 atom stereocenters. The molecular weight excluding hydrogens is 411 g/mol. The zero-order chi connectivity index (χ0) is 21.7. The van der Waals surface area contributed by atoms with E-state index in [0.29, 0.717) is 0 Å². The fourth-order valence-electron chi connectivity index (χ4n) is 4.74. The molecule has 0 unspecified atom stereocenters.